The zero-order valence-corrected chi connectivity index (χ0v) is 16.4. The molecule has 146 valence electrons. The second kappa shape index (κ2) is 7.66. The Morgan fingerprint density at radius 3 is 2.33 bits per heavy atom. The minimum absolute atomic E-state index is 0.0713. The van der Waals surface area contributed by atoms with Crippen molar-refractivity contribution in [3.63, 3.8) is 0 Å². The van der Waals surface area contributed by atoms with E-state index in [4.69, 9.17) is 0 Å². The summed E-state index contributed by atoms with van der Waals surface area (Å²) in [5, 5.41) is 0. The first-order valence-corrected chi connectivity index (χ1v) is 9.61. The van der Waals surface area contributed by atoms with Crippen LogP contribution in [0, 0.1) is 11.3 Å². The van der Waals surface area contributed by atoms with Gasteiger partial charge in [0.25, 0.3) is 5.91 Å². The van der Waals surface area contributed by atoms with Gasteiger partial charge in [0, 0.05) is 75.0 Å². The molecule has 0 radical (unpaired) electrons. The van der Waals surface area contributed by atoms with E-state index in [1.807, 2.05) is 30.6 Å². The standard InChI is InChI=1S/C20H28N4O3/c1-4-22-12-20(11-17(22)25)13-23(18(26)15(2)3)9-10-24(14-20)19(27)16-5-7-21-8-6-16/h5-8,15H,4,9-14H2,1-3H3/t20-/m0/s1. The number of hydrogen-bond donors (Lipinski definition) is 0. The van der Waals surface area contributed by atoms with Gasteiger partial charge in [-0.25, -0.2) is 0 Å². The molecular weight excluding hydrogens is 344 g/mol. The average molecular weight is 372 g/mol. The molecule has 0 saturated carbocycles. The highest BCUT2D eigenvalue weighted by Gasteiger charge is 2.47. The van der Waals surface area contributed by atoms with Crippen LogP contribution in [0.4, 0.5) is 0 Å². The number of pyridine rings is 1. The molecule has 0 bridgehead atoms. The molecule has 1 aromatic rings. The molecule has 3 amide bonds. The van der Waals surface area contributed by atoms with Crippen LogP contribution in [0.2, 0.25) is 0 Å². The van der Waals surface area contributed by atoms with E-state index in [-0.39, 0.29) is 23.6 Å². The monoisotopic (exact) mass is 372 g/mol. The Balaban J connectivity index is 1.89. The fraction of sp³-hybridized carbons (Fsp3) is 0.600. The van der Waals surface area contributed by atoms with Crippen LogP contribution in [0.1, 0.15) is 37.6 Å². The van der Waals surface area contributed by atoms with Crippen molar-refractivity contribution >= 4 is 17.7 Å². The van der Waals surface area contributed by atoms with Crippen molar-refractivity contribution < 1.29 is 14.4 Å². The first kappa shape index (κ1) is 19.3. The topological polar surface area (TPSA) is 73.8 Å². The number of carbonyl (C=O) groups excluding carboxylic acids is 3. The van der Waals surface area contributed by atoms with Gasteiger partial charge in [-0.3, -0.25) is 19.4 Å². The Morgan fingerprint density at radius 1 is 1.11 bits per heavy atom. The molecule has 0 aliphatic carbocycles. The van der Waals surface area contributed by atoms with Gasteiger partial charge in [-0.05, 0) is 19.1 Å². The van der Waals surface area contributed by atoms with Crippen LogP contribution < -0.4 is 0 Å². The lowest BCUT2D eigenvalue weighted by Crippen LogP contribution is -2.46. The molecule has 1 spiro atoms. The molecule has 0 N–H and O–H groups in total. The SMILES string of the molecule is CCN1C[C@]2(CC1=O)CN(C(=O)c1ccncc1)CCN(C(=O)C(C)C)C2. The number of hydrogen-bond acceptors (Lipinski definition) is 4. The molecule has 0 unspecified atom stereocenters. The first-order chi connectivity index (χ1) is 12.8. The van der Waals surface area contributed by atoms with Crippen LogP contribution in [0.5, 0.6) is 0 Å². The molecule has 2 aliphatic rings. The summed E-state index contributed by atoms with van der Waals surface area (Å²) in [4.78, 5) is 47.6. The number of likely N-dealkylation sites (tertiary alicyclic amines) is 1. The van der Waals surface area contributed by atoms with Gasteiger partial charge in [0.15, 0.2) is 0 Å². The third-order valence-corrected chi connectivity index (χ3v) is 5.50. The molecule has 2 aliphatic heterocycles. The lowest BCUT2D eigenvalue weighted by molar-refractivity contribution is -0.135. The second-order valence-electron chi connectivity index (χ2n) is 7.96. The average Bonchev–Trinajstić information content (AvgIpc) is 2.86. The summed E-state index contributed by atoms with van der Waals surface area (Å²) in [5.41, 5.74) is 0.178. The molecule has 7 nitrogen and oxygen atoms in total. The van der Waals surface area contributed by atoms with Crippen molar-refractivity contribution in [2.75, 3.05) is 39.3 Å². The highest BCUT2D eigenvalue weighted by atomic mass is 16.2. The van der Waals surface area contributed by atoms with Crippen LogP contribution in [0.25, 0.3) is 0 Å². The molecular formula is C20H28N4O3. The molecule has 2 fully saturated rings. The lowest BCUT2D eigenvalue weighted by Gasteiger charge is -2.34. The van der Waals surface area contributed by atoms with Crippen molar-refractivity contribution in [1.82, 2.24) is 19.7 Å². The second-order valence-corrected chi connectivity index (χ2v) is 7.96. The summed E-state index contributed by atoms with van der Waals surface area (Å²) in [7, 11) is 0. The summed E-state index contributed by atoms with van der Waals surface area (Å²) >= 11 is 0. The number of nitrogens with zero attached hydrogens (tertiary/aromatic N) is 4. The van der Waals surface area contributed by atoms with Crippen molar-refractivity contribution in [3.05, 3.63) is 30.1 Å². The minimum atomic E-state index is -0.406. The summed E-state index contributed by atoms with van der Waals surface area (Å²) in [6.45, 7) is 8.95. The van der Waals surface area contributed by atoms with Gasteiger partial charge in [-0.2, -0.15) is 0 Å². The zero-order chi connectivity index (χ0) is 19.6. The predicted octanol–water partition coefficient (Wildman–Crippen LogP) is 1.26. The maximum absolute atomic E-state index is 13.0. The highest BCUT2D eigenvalue weighted by Crippen LogP contribution is 2.35. The van der Waals surface area contributed by atoms with E-state index in [9.17, 15) is 14.4 Å². The molecule has 3 rings (SSSR count). The highest BCUT2D eigenvalue weighted by molar-refractivity contribution is 5.94. The van der Waals surface area contributed by atoms with E-state index >= 15 is 0 Å². The largest absolute Gasteiger partial charge is 0.342 e. The van der Waals surface area contributed by atoms with E-state index in [0.29, 0.717) is 51.3 Å². The van der Waals surface area contributed by atoms with Crippen molar-refractivity contribution in [2.24, 2.45) is 11.3 Å². The van der Waals surface area contributed by atoms with E-state index in [0.717, 1.165) is 0 Å². The third-order valence-electron chi connectivity index (χ3n) is 5.50. The first-order valence-electron chi connectivity index (χ1n) is 9.61. The molecule has 1 atom stereocenters. The Labute approximate surface area is 160 Å². The summed E-state index contributed by atoms with van der Waals surface area (Å²) in [6, 6.07) is 3.41. The fourth-order valence-corrected chi connectivity index (χ4v) is 4.14. The summed E-state index contributed by atoms with van der Waals surface area (Å²) in [5.74, 6) is 0.00420. The zero-order valence-electron chi connectivity index (χ0n) is 16.4. The quantitative estimate of drug-likeness (QED) is 0.801. The fourth-order valence-electron chi connectivity index (χ4n) is 4.14. The van der Waals surface area contributed by atoms with Crippen LogP contribution >= 0.6 is 0 Å². The van der Waals surface area contributed by atoms with Crippen LogP contribution in [-0.4, -0.2) is 76.7 Å². The molecule has 27 heavy (non-hydrogen) atoms. The van der Waals surface area contributed by atoms with Crippen molar-refractivity contribution in [2.45, 2.75) is 27.2 Å². The summed E-state index contributed by atoms with van der Waals surface area (Å²) < 4.78 is 0. The molecule has 7 heteroatoms. The van der Waals surface area contributed by atoms with Crippen molar-refractivity contribution in [1.29, 1.82) is 0 Å². The molecule has 0 aromatic carbocycles. The van der Waals surface area contributed by atoms with Gasteiger partial charge in [0.1, 0.15) is 0 Å². The van der Waals surface area contributed by atoms with E-state index in [1.54, 1.807) is 29.4 Å². The van der Waals surface area contributed by atoms with Gasteiger partial charge in [0.2, 0.25) is 11.8 Å². The van der Waals surface area contributed by atoms with Gasteiger partial charge in [-0.15, -0.1) is 0 Å². The normalized spacial score (nSPS) is 23.3. The van der Waals surface area contributed by atoms with Crippen LogP contribution in [0.15, 0.2) is 24.5 Å². The molecule has 2 saturated heterocycles. The number of amides is 3. The third kappa shape index (κ3) is 3.96. The number of carbonyl (C=O) groups is 3. The van der Waals surface area contributed by atoms with Crippen LogP contribution in [-0.2, 0) is 9.59 Å². The number of aromatic nitrogens is 1. The Kier molecular flexibility index (Phi) is 5.48. The molecule has 3 heterocycles. The Bertz CT molecular complexity index is 721. The van der Waals surface area contributed by atoms with E-state index in [1.165, 1.54) is 0 Å². The maximum atomic E-state index is 13.0. The summed E-state index contributed by atoms with van der Waals surface area (Å²) in [6.07, 6.45) is 3.59. The van der Waals surface area contributed by atoms with Crippen LogP contribution in [0.3, 0.4) is 0 Å². The Hall–Kier alpha value is -2.44. The number of rotatable bonds is 3. The van der Waals surface area contributed by atoms with Gasteiger partial charge < -0.3 is 14.7 Å². The molecule has 1 aromatic heterocycles. The maximum Gasteiger partial charge on any atom is 0.254 e. The van der Waals surface area contributed by atoms with E-state index in [2.05, 4.69) is 4.98 Å². The van der Waals surface area contributed by atoms with Gasteiger partial charge in [-0.1, -0.05) is 13.8 Å². The smallest absolute Gasteiger partial charge is 0.254 e. The minimum Gasteiger partial charge on any atom is -0.342 e. The van der Waals surface area contributed by atoms with Crippen molar-refractivity contribution in [3.8, 4) is 0 Å². The van der Waals surface area contributed by atoms with Gasteiger partial charge in [0.05, 0.1) is 0 Å². The predicted molar refractivity (Wildman–Crippen MR) is 101 cm³/mol. The Morgan fingerprint density at radius 2 is 1.74 bits per heavy atom. The lowest BCUT2D eigenvalue weighted by atomic mass is 9.85. The van der Waals surface area contributed by atoms with E-state index < -0.39 is 5.41 Å². The van der Waals surface area contributed by atoms with Gasteiger partial charge >= 0.3 is 0 Å².